The smallest absolute Gasteiger partial charge is 0.374 e. The van der Waals surface area contributed by atoms with Crippen molar-refractivity contribution in [2.75, 3.05) is 5.75 Å². The van der Waals surface area contributed by atoms with Crippen LogP contribution in [0, 0.1) is 11.8 Å². The molecule has 1 fully saturated rings. The highest BCUT2D eigenvalue weighted by atomic mass is 32.1. The molecule has 1 aromatic carbocycles. The highest BCUT2D eigenvalue weighted by molar-refractivity contribution is 7.80. The molecule has 0 unspecified atom stereocenters. The van der Waals surface area contributed by atoms with Crippen molar-refractivity contribution in [3.8, 4) is 0 Å². The summed E-state index contributed by atoms with van der Waals surface area (Å²) in [5, 5.41) is 70.9. The first-order chi connectivity index (χ1) is 32.4. The minimum Gasteiger partial charge on any atom is -0.481 e. The van der Waals surface area contributed by atoms with Gasteiger partial charge in [-0.2, -0.15) is 12.6 Å². The van der Waals surface area contributed by atoms with E-state index in [2.05, 4.69) is 38.9 Å². The van der Waals surface area contributed by atoms with Crippen LogP contribution in [0.1, 0.15) is 87.1 Å². The molecule has 13 N–H and O–H groups in total. The van der Waals surface area contributed by atoms with Gasteiger partial charge in [0.25, 0.3) is 5.78 Å². The van der Waals surface area contributed by atoms with E-state index in [4.69, 9.17) is 0 Å². The first kappa shape index (κ1) is 55.7. The molecule has 27 heteroatoms. The van der Waals surface area contributed by atoms with E-state index in [-0.39, 0.29) is 34.4 Å². The number of carbonyl (C=O) groups excluding carboxylic acids is 7. The number of Topliss-reactive ketones (excluding diaryl/α,β-unsaturated/α-hetero) is 1. The van der Waals surface area contributed by atoms with E-state index in [1.165, 1.54) is 24.4 Å². The van der Waals surface area contributed by atoms with Crippen LogP contribution in [0.5, 0.6) is 0 Å². The van der Waals surface area contributed by atoms with Gasteiger partial charge in [0.05, 0.1) is 12.0 Å². The van der Waals surface area contributed by atoms with Crippen molar-refractivity contribution < 1.29 is 93.0 Å². The molecule has 69 heavy (non-hydrogen) atoms. The van der Waals surface area contributed by atoms with Gasteiger partial charge in [-0.1, -0.05) is 38.2 Å². The number of aromatic carboxylic acids is 1. The number of aliphatic carboxylic acids is 5. The Hall–Kier alpha value is -7.58. The number of amides is 6. The van der Waals surface area contributed by atoms with E-state index >= 15 is 0 Å². The third-order valence-corrected chi connectivity index (χ3v) is 11.4. The highest BCUT2D eigenvalue weighted by Gasteiger charge is 2.38. The summed E-state index contributed by atoms with van der Waals surface area (Å²) in [5.74, 6) is -22.1. The molecule has 0 aliphatic heterocycles. The van der Waals surface area contributed by atoms with Crippen LogP contribution in [0.4, 0.5) is 0 Å². The van der Waals surface area contributed by atoms with Gasteiger partial charge in [-0.3, -0.25) is 52.7 Å². The van der Waals surface area contributed by atoms with Crippen LogP contribution < -0.4 is 31.9 Å². The number of carboxylic acids is 6. The molecule has 1 aliphatic rings. The maximum Gasteiger partial charge on any atom is 0.374 e. The number of hydrogen-bond acceptors (Lipinski definition) is 14. The van der Waals surface area contributed by atoms with Gasteiger partial charge in [-0.15, -0.1) is 0 Å². The molecule has 0 radical (unpaired) electrons. The minimum absolute atomic E-state index is 0.0168. The molecule has 0 bridgehead atoms. The van der Waals surface area contributed by atoms with Crippen molar-refractivity contribution >= 4 is 101 Å². The number of carboxylic acid groups (broad SMARTS) is 6. The second kappa shape index (κ2) is 26.1. The van der Waals surface area contributed by atoms with Gasteiger partial charge in [-0.05, 0) is 36.5 Å². The summed E-state index contributed by atoms with van der Waals surface area (Å²) >= 11 is 3.96. The largest absolute Gasteiger partial charge is 0.481 e. The predicted molar refractivity (Wildman–Crippen MR) is 236 cm³/mol. The number of benzene rings is 1. The van der Waals surface area contributed by atoms with Gasteiger partial charge in [0.1, 0.15) is 36.3 Å². The Labute approximate surface area is 396 Å². The van der Waals surface area contributed by atoms with Crippen LogP contribution >= 0.6 is 12.6 Å². The van der Waals surface area contributed by atoms with Crippen LogP contribution in [0.25, 0.3) is 10.9 Å². The zero-order valence-corrected chi connectivity index (χ0v) is 37.7. The number of fused-ring (bicyclic) bond motifs is 1. The second-order valence-electron chi connectivity index (χ2n) is 16.2. The van der Waals surface area contributed by atoms with Crippen molar-refractivity contribution in [2.45, 2.75) is 114 Å². The first-order valence-electron chi connectivity index (χ1n) is 21.3. The lowest BCUT2D eigenvalue weighted by Crippen LogP contribution is -2.60. The lowest BCUT2D eigenvalue weighted by molar-refractivity contribution is -0.155. The van der Waals surface area contributed by atoms with Gasteiger partial charge < -0.3 is 67.5 Å². The fraction of sp³-hybridized carbons (Fsp3) is 0.500. The molecule has 0 saturated heterocycles. The van der Waals surface area contributed by atoms with Gasteiger partial charge in [0, 0.05) is 49.0 Å². The van der Waals surface area contributed by atoms with Crippen LogP contribution in [0.2, 0.25) is 0 Å². The zero-order valence-electron chi connectivity index (χ0n) is 36.9. The molecule has 1 aromatic heterocycles. The van der Waals surface area contributed by atoms with E-state index in [0.717, 1.165) is 26.2 Å². The van der Waals surface area contributed by atoms with Crippen LogP contribution in [-0.4, -0.2) is 155 Å². The van der Waals surface area contributed by atoms with E-state index in [1.807, 2.05) is 10.6 Å². The summed E-state index contributed by atoms with van der Waals surface area (Å²) in [6.07, 6.45) is 0.428. The number of rotatable bonds is 28. The quantitative estimate of drug-likeness (QED) is 0.0259. The molecule has 1 heterocycles. The number of hydrogen-bond donors (Lipinski definition) is 14. The van der Waals surface area contributed by atoms with E-state index in [9.17, 15) is 93.0 Å². The lowest BCUT2D eigenvalue weighted by Gasteiger charge is -2.29. The molecular formula is C42H53N7O19S. The number of aromatic amines is 1. The Morgan fingerprint density at radius 2 is 1.19 bits per heavy atom. The third-order valence-electron chi connectivity index (χ3n) is 11.1. The SMILES string of the molecule is CC(=O)N[C@@H](CC(=O)O)C(=O)N[C@H](CC(C(=O)O)C(=O)O)C(=O)N[C@@H](Cc1c[nH]c2cccc(C(=O)O)c12)C(=O)N[C@@H](CCC(=O)O)C(=O)N[C@@H](CC1CCCCC1)C(=O)N[C@@H](CS)C(=O)C(=O)O. The van der Waals surface area contributed by atoms with Gasteiger partial charge >= 0.3 is 35.8 Å². The maximum atomic E-state index is 14.5. The number of ketones is 1. The number of thiol groups is 1. The first-order valence-corrected chi connectivity index (χ1v) is 21.9. The predicted octanol–water partition coefficient (Wildman–Crippen LogP) is -1.59. The Balaban J connectivity index is 2.13. The highest BCUT2D eigenvalue weighted by Crippen LogP contribution is 2.28. The van der Waals surface area contributed by atoms with E-state index in [0.29, 0.717) is 12.8 Å². The Morgan fingerprint density at radius 1 is 0.652 bits per heavy atom. The van der Waals surface area contributed by atoms with Crippen molar-refractivity contribution in [2.24, 2.45) is 11.8 Å². The van der Waals surface area contributed by atoms with E-state index in [1.54, 1.807) is 0 Å². The number of carbonyl (C=O) groups is 13. The third kappa shape index (κ3) is 16.9. The Kier molecular flexibility index (Phi) is 21.1. The van der Waals surface area contributed by atoms with Crippen LogP contribution in [0.15, 0.2) is 24.4 Å². The van der Waals surface area contributed by atoms with Crippen LogP contribution in [0.3, 0.4) is 0 Å². The normalized spacial score (nSPS) is 15.2. The molecule has 0 spiro atoms. The van der Waals surface area contributed by atoms with Gasteiger partial charge in [0.2, 0.25) is 35.4 Å². The molecule has 3 rings (SSSR count). The average Bonchev–Trinajstić information content (AvgIpc) is 3.69. The molecule has 6 atom stereocenters. The summed E-state index contributed by atoms with van der Waals surface area (Å²) in [6, 6.07) is -7.04. The Bertz CT molecular complexity index is 2300. The van der Waals surface area contributed by atoms with Gasteiger partial charge in [-0.25, -0.2) is 9.59 Å². The molecular weight excluding hydrogens is 939 g/mol. The standard InChI is InChI=1S/C42H53N7O19S/c1-18(50)44-28(15-31(53)54)38(60)48-27(14-22(40(63)64)41(65)66)37(59)47-26(13-20-16-43-23-9-5-8-21(32(20)23)39(61)62)36(58)45-24(10-11-30(51)52)34(56)46-25(12-19-6-3-2-4-7-19)35(57)49-29(17-69)33(55)42(67)68/h5,8-9,16,19,22,24-29,43,69H,2-4,6-7,10-15,17H2,1H3,(H,44,50)(H,45,58)(H,46,56)(H,47,59)(H,48,60)(H,49,57)(H,51,52)(H,53,54)(H,61,62)(H,63,64)(H,65,66)(H,67,68)/t24-,25-,26-,27+,28-,29-/m0/s1. The van der Waals surface area contributed by atoms with E-state index < -0.39 is 157 Å². The van der Waals surface area contributed by atoms with Crippen LogP contribution in [-0.2, 0) is 64.0 Å². The molecule has 1 saturated carbocycles. The molecule has 376 valence electrons. The number of aromatic nitrogens is 1. The van der Waals surface area contributed by atoms with Crippen molar-refractivity contribution in [3.05, 3.63) is 35.5 Å². The van der Waals surface area contributed by atoms with Gasteiger partial charge in [0.15, 0.2) is 5.92 Å². The molecule has 6 amide bonds. The summed E-state index contributed by atoms with van der Waals surface area (Å²) in [4.78, 5) is 168. The number of nitrogens with one attached hydrogen (secondary N) is 7. The van der Waals surface area contributed by atoms with Crippen molar-refractivity contribution in [1.29, 1.82) is 0 Å². The second-order valence-corrected chi connectivity index (χ2v) is 16.6. The average molecular weight is 992 g/mol. The van der Waals surface area contributed by atoms with Crippen molar-refractivity contribution in [3.63, 3.8) is 0 Å². The summed E-state index contributed by atoms with van der Waals surface area (Å²) in [7, 11) is 0. The molecule has 2 aromatic rings. The monoisotopic (exact) mass is 991 g/mol. The topological polar surface area (TPSA) is 431 Å². The fourth-order valence-electron chi connectivity index (χ4n) is 7.66. The number of H-pyrrole nitrogens is 1. The summed E-state index contributed by atoms with van der Waals surface area (Å²) in [6.45, 7) is 0.917. The molecule has 1 aliphatic carbocycles. The lowest BCUT2D eigenvalue weighted by atomic mass is 9.84. The zero-order chi connectivity index (χ0) is 51.7. The van der Waals surface area contributed by atoms with Crippen molar-refractivity contribution in [1.82, 2.24) is 36.9 Å². The molecule has 26 nitrogen and oxygen atoms in total. The minimum atomic E-state index is -2.42. The summed E-state index contributed by atoms with van der Waals surface area (Å²) < 4.78 is 0. The fourth-order valence-corrected chi connectivity index (χ4v) is 7.91. The maximum absolute atomic E-state index is 14.5. The summed E-state index contributed by atoms with van der Waals surface area (Å²) in [5.41, 5.74) is -0.0470. The Morgan fingerprint density at radius 3 is 1.74 bits per heavy atom.